The minimum Gasteiger partial charge on any atom is -0.438 e. The first-order chi connectivity index (χ1) is 16.4. The smallest absolute Gasteiger partial charge is 0.411 e. The highest BCUT2D eigenvalue weighted by molar-refractivity contribution is 5.91. The lowest BCUT2D eigenvalue weighted by Crippen LogP contribution is -2.54. The van der Waals surface area contributed by atoms with E-state index in [1.807, 2.05) is 49.2 Å². The number of hydrogen-bond acceptors (Lipinski definition) is 5. The van der Waals surface area contributed by atoms with E-state index in [-0.39, 0.29) is 18.4 Å². The molecule has 8 nitrogen and oxygen atoms in total. The Kier molecular flexibility index (Phi) is 7.17. The zero-order valence-electron chi connectivity index (χ0n) is 20.0. The maximum atomic E-state index is 13.8. The molecule has 180 valence electrons. The van der Waals surface area contributed by atoms with Crippen molar-refractivity contribution in [3.63, 3.8) is 0 Å². The standard InChI is InChI=1S/C26H32N4O4/c1-4-22(31)27-21-7-5-6-20(16-21)24-23(25(32)29-14-12-28(3)13-15-29)30(26(33)34-24)17-19-10-8-18(2)9-11-19/h5-11,16,23-24H,4,12-15,17H2,1-3H3,(H,27,31). The molecule has 0 saturated carbocycles. The van der Waals surface area contributed by atoms with Gasteiger partial charge in [0, 0.05) is 38.3 Å². The number of anilines is 1. The van der Waals surface area contributed by atoms with Gasteiger partial charge in [0.05, 0.1) is 6.54 Å². The summed E-state index contributed by atoms with van der Waals surface area (Å²) >= 11 is 0. The van der Waals surface area contributed by atoms with Gasteiger partial charge >= 0.3 is 6.09 Å². The molecule has 4 rings (SSSR count). The van der Waals surface area contributed by atoms with Gasteiger partial charge in [-0.3, -0.25) is 14.5 Å². The molecular weight excluding hydrogens is 432 g/mol. The van der Waals surface area contributed by atoms with Crippen LogP contribution in [-0.2, 0) is 20.9 Å². The minimum absolute atomic E-state index is 0.105. The van der Waals surface area contributed by atoms with Crippen LogP contribution in [0.5, 0.6) is 0 Å². The predicted molar refractivity (Wildman–Crippen MR) is 129 cm³/mol. The molecule has 0 radical (unpaired) electrons. The van der Waals surface area contributed by atoms with Crippen LogP contribution in [0.25, 0.3) is 0 Å². The molecule has 2 aliphatic heterocycles. The summed E-state index contributed by atoms with van der Waals surface area (Å²) in [5, 5.41) is 2.84. The van der Waals surface area contributed by atoms with Crippen molar-refractivity contribution in [2.45, 2.75) is 39.0 Å². The number of nitrogens with one attached hydrogen (secondary N) is 1. The molecule has 0 bridgehead atoms. The zero-order chi connectivity index (χ0) is 24.2. The quantitative estimate of drug-likeness (QED) is 0.710. The Labute approximate surface area is 200 Å². The summed E-state index contributed by atoms with van der Waals surface area (Å²) in [6.45, 7) is 6.86. The maximum absolute atomic E-state index is 13.8. The van der Waals surface area contributed by atoms with Gasteiger partial charge in [0.1, 0.15) is 0 Å². The molecule has 0 aliphatic carbocycles. The van der Waals surface area contributed by atoms with Crippen molar-refractivity contribution in [2.24, 2.45) is 0 Å². The maximum Gasteiger partial charge on any atom is 0.411 e. The van der Waals surface area contributed by atoms with E-state index in [0.717, 1.165) is 24.2 Å². The Morgan fingerprint density at radius 2 is 1.76 bits per heavy atom. The van der Waals surface area contributed by atoms with Crippen molar-refractivity contribution in [2.75, 3.05) is 38.5 Å². The Balaban J connectivity index is 1.65. The Hall–Kier alpha value is -3.39. The fourth-order valence-electron chi connectivity index (χ4n) is 4.34. The highest BCUT2D eigenvalue weighted by Crippen LogP contribution is 2.36. The molecule has 1 N–H and O–H groups in total. The summed E-state index contributed by atoms with van der Waals surface area (Å²) in [5.41, 5.74) is 3.36. The average molecular weight is 465 g/mol. The summed E-state index contributed by atoms with van der Waals surface area (Å²) in [6.07, 6.45) is -0.915. The van der Waals surface area contributed by atoms with E-state index in [2.05, 4.69) is 10.2 Å². The van der Waals surface area contributed by atoms with E-state index >= 15 is 0 Å². The minimum atomic E-state index is -0.783. The van der Waals surface area contributed by atoms with Gasteiger partial charge in [-0.1, -0.05) is 48.9 Å². The summed E-state index contributed by atoms with van der Waals surface area (Å²) in [6, 6.07) is 14.3. The SMILES string of the molecule is CCC(=O)Nc1cccc(C2OC(=O)N(Cc3ccc(C)cc3)C2C(=O)N2CCN(C)CC2)c1. The van der Waals surface area contributed by atoms with Gasteiger partial charge in [-0.05, 0) is 37.2 Å². The molecular formula is C26H32N4O4. The summed E-state index contributed by atoms with van der Waals surface area (Å²) in [4.78, 5) is 44.2. The second-order valence-corrected chi connectivity index (χ2v) is 9.02. The van der Waals surface area contributed by atoms with Crippen LogP contribution < -0.4 is 5.32 Å². The van der Waals surface area contributed by atoms with Crippen LogP contribution in [-0.4, -0.2) is 71.9 Å². The number of ether oxygens (including phenoxy) is 1. The van der Waals surface area contributed by atoms with E-state index in [0.29, 0.717) is 30.8 Å². The fourth-order valence-corrected chi connectivity index (χ4v) is 4.34. The number of rotatable bonds is 6. The lowest BCUT2D eigenvalue weighted by atomic mass is 9.99. The van der Waals surface area contributed by atoms with Gasteiger partial charge in [0.2, 0.25) is 11.8 Å². The number of likely N-dealkylation sites (N-methyl/N-ethyl adjacent to an activating group) is 1. The van der Waals surface area contributed by atoms with E-state index < -0.39 is 18.2 Å². The third-order valence-corrected chi connectivity index (χ3v) is 6.45. The lowest BCUT2D eigenvalue weighted by molar-refractivity contribution is -0.138. The Morgan fingerprint density at radius 3 is 2.44 bits per heavy atom. The average Bonchev–Trinajstić information content (AvgIpc) is 3.16. The second kappa shape index (κ2) is 10.3. The molecule has 0 spiro atoms. The third kappa shape index (κ3) is 5.22. The first kappa shape index (κ1) is 23.8. The van der Waals surface area contributed by atoms with Crippen molar-refractivity contribution in [1.29, 1.82) is 0 Å². The van der Waals surface area contributed by atoms with E-state index in [9.17, 15) is 14.4 Å². The second-order valence-electron chi connectivity index (χ2n) is 9.02. The van der Waals surface area contributed by atoms with Gasteiger partial charge in [-0.25, -0.2) is 4.79 Å². The Bertz CT molecular complexity index is 1050. The molecule has 0 aromatic heterocycles. The van der Waals surface area contributed by atoms with Crippen LogP contribution in [0.1, 0.15) is 36.1 Å². The summed E-state index contributed by atoms with van der Waals surface area (Å²) < 4.78 is 5.80. The highest BCUT2D eigenvalue weighted by Gasteiger charge is 2.48. The largest absolute Gasteiger partial charge is 0.438 e. The molecule has 2 aromatic carbocycles. The first-order valence-electron chi connectivity index (χ1n) is 11.8. The van der Waals surface area contributed by atoms with Crippen LogP contribution in [0, 0.1) is 6.92 Å². The normalized spacial score (nSPS) is 20.9. The number of hydrogen-bond donors (Lipinski definition) is 1. The molecule has 2 aromatic rings. The third-order valence-electron chi connectivity index (χ3n) is 6.45. The number of amides is 3. The number of carbonyl (C=O) groups is 3. The van der Waals surface area contributed by atoms with E-state index in [4.69, 9.17) is 4.74 Å². The van der Waals surface area contributed by atoms with Gasteiger partial charge in [-0.2, -0.15) is 0 Å². The van der Waals surface area contributed by atoms with E-state index in [1.54, 1.807) is 25.1 Å². The van der Waals surface area contributed by atoms with Crippen molar-refractivity contribution < 1.29 is 19.1 Å². The monoisotopic (exact) mass is 464 g/mol. The molecule has 2 unspecified atom stereocenters. The number of cyclic esters (lactones) is 1. The number of nitrogens with zero attached hydrogens (tertiary/aromatic N) is 3. The zero-order valence-corrected chi connectivity index (χ0v) is 20.0. The molecule has 2 aliphatic rings. The molecule has 2 fully saturated rings. The van der Waals surface area contributed by atoms with Crippen molar-refractivity contribution in [3.05, 3.63) is 65.2 Å². The summed E-state index contributed by atoms with van der Waals surface area (Å²) in [7, 11) is 2.03. The molecule has 3 amide bonds. The summed E-state index contributed by atoms with van der Waals surface area (Å²) in [5.74, 6) is -0.217. The molecule has 2 heterocycles. The highest BCUT2D eigenvalue weighted by atomic mass is 16.6. The van der Waals surface area contributed by atoms with Gasteiger partial charge in [0.25, 0.3) is 0 Å². The molecule has 8 heteroatoms. The van der Waals surface area contributed by atoms with Gasteiger partial charge in [0.15, 0.2) is 12.1 Å². The van der Waals surface area contributed by atoms with Crippen molar-refractivity contribution >= 4 is 23.6 Å². The van der Waals surface area contributed by atoms with Crippen LogP contribution in [0.3, 0.4) is 0 Å². The topological polar surface area (TPSA) is 82.2 Å². The van der Waals surface area contributed by atoms with Crippen molar-refractivity contribution in [1.82, 2.24) is 14.7 Å². The fraction of sp³-hybridized carbons (Fsp3) is 0.423. The first-order valence-corrected chi connectivity index (χ1v) is 11.8. The predicted octanol–water partition coefficient (Wildman–Crippen LogP) is 3.18. The van der Waals surface area contributed by atoms with E-state index in [1.165, 1.54) is 4.90 Å². The number of carbonyl (C=O) groups excluding carboxylic acids is 3. The number of piperazine rings is 1. The van der Waals surface area contributed by atoms with Crippen LogP contribution in [0.4, 0.5) is 10.5 Å². The van der Waals surface area contributed by atoms with Crippen LogP contribution in [0.2, 0.25) is 0 Å². The Morgan fingerprint density at radius 1 is 1.06 bits per heavy atom. The van der Waals surface area contributed by atoms with Crippen molar-refractivity contribution in [3.8, 4) is 0 Å². The number of benzene rings is 2. The molecule has 34 heavy (non-hydrogen) atoms. The molecule has 2 atom stereocenters. The van der Waals surface area contributed by atoms with Gasteiger partial charge in [-0.15, -0.1) is 0 Å². The number of aryl methyl sites for hydroxylation is 1. The molecule has 2 saturated heterocycles. The van der Waals surface area contributed by atoms with Crippen LogP contribution in [0.15, 0.2) is 48.5 Å². The lowest BCUT2D eigenvalue weighted by Gasteiger charge is -2.36. The van der Waals surface area contributed by atoms with Crippen LogP contribution >= 0.6 is 0 Å². The van der Waals surface area contributed by atoms with Gasteiger partial charge < -0.3 is 19.9 Å².